The third-order valence-corrected chi connectivity index (χ3v) is 4.36. The van der Waals surface area contributed by atoms with Crippen LogP contribution in [-0.2, 0) is 4.74 Å². The van der Waals surface area contributed by atoms with Crippen molar-refractivity contribution in [3.63, 3.8) is 0 Å². The lowest BCUT2D eigenvalue weighted by molar-refractivity contribution is -0.0415. The first-order chi connectivity index (χ1) is 9.24. The van der Waals surface area contributed by atoms with Gasteiger partial charge in [-0.1, -0.05) is 6.07 Å². The molecular formula is C15H23N3O. The molecule has 0 bridgehead atoms. The van der Waals surface area contributed by atoms with Crippen LogP contribution in [0, 0.1) is 6.92 Å². The number of nitrogen functional groups attached to an aromatic ring is 1. The van der Waals surface area contributed by atoms with E-state index in [2.05, 4.69) is 23.2 Å². The average molecular weight is 261 g/mol. The molecule has 104 valence electrons. The topological polar surface area (TPSA) is 50.5 Å². The van der Waals surface area contributed by atoms with E-state index < -0.39 is 0 Å². The van der Waals surface area contributed by atoms with Crippen molar-refractivity contribution in [2.45, 2.75) is 31.9 Å². The molecule has 2 atom stereocenters. The maximum absolute atomic E-state index is 5.95. The molecule has 2 heterocycles. The lowest BCUT2D eigenvalue weighted by Crippen LogP contribution is -2.48. The summed E-state index contributed by atoms with van der Waals surface area (Å²) in [4.78, 5) is 2.57. The number of rotatable bonds is 3. The Morgan fingerprint density at radius 1 is 1.47 bits per heavy atom. The first kappa shape index (κ1) is 12.8. The van der Waals surface area contributed by atoms with Gasteiger partial charge in [-0.3, -0.25) is 4.90 Å². The molecule has 0 spiro atoms. The second-order valence-electron chi connectivity index (χ2n) is 5.65. The van der Waals surface area contributed by atoms with Crippen LogP contribution in [0.4, 0.5) is 11.4 Å². The fraction of sp³-hybridized carbons (Fsp3) is 0.600. The van der Waals surface area contributed by atoms with E-state index in [0.717, 1.165) is 36.6 Å². The minimum atomic E-state index is 0.287. The maximum Gasteiger partial charge on any atom is 0.0874 e. The molecule has 0 saturated carbocycles. The van der Waals surface area contributed by atoms with Crippen LogP contribution in [-0.4, -0.2) is 43.3 Å². The molecule has 0 amide bonds. The van der Waals surface area contributed by atoms with E-state index in [1.54, 1.807) is 0 Å². The molecule has 4 nitrogen and oxygen atoms in total. The van der Waals surface area contributed by atoms with Crippen LogP contribution in [0.5, 0.6) is 0 Å². The normalized spacial score (nSPS) is 27.2. The molecule has 2 fully saturated rings. The Morgan fingerprint density at radius 3 is 3.26 bits per heavy atom. The van der Waals surface area contributed by atoms with Gasteiger partial charge in [0.05, 0.1) is 12.7 Å². The summed E-state index contributed by atoms with van der Waals surface area (Å²) in [5.41, 5.74) is 9.00. The highest BCUT2D eigenvalue weighted by atomic mass is 16.5. The van der Waals surface area contributed by atoms with Crippen molar-refractivity contribution in [2.75, 3.05) is 37.3 Å². The zero-order valence-electron chi connectivity index (χ0n) is 11.6. The number of nitrogens with zero attached hydrogens (tertiary/aromatic N) is 1. The Bertz CT molecular complexity index is 449. The van der Waals surface area contributed by atoms with Gasteiger partial charge in [-0.25, -0.2) is 0 Å². The van der Waals surface area contributed by atoms with Gasteiger partial charge in [0.25, 0.3) is 0 Å². The maximum atomic E-state index is 5.95. The van der Waals surface area contributed by atoms with Gasteiger partial charge in [0, 0.05) is 30.5 Å². The van der Waals surface area contributed by atoms with Crippen molar-refractivity contribution in [3.05, 3.63) is 23.8 Å². The summed E-state index contributed by atoms with van der Waals surface area (Å²) < 4.78 is 5.95. The lowest BCUT2D eigenvalue weighted by Gasteiger charge is -2.35. The third-order valence-electron chi connectivity index (χ3n) is 4.36. The molecule has 3 N–H and O–H groups in total. The first-order valence-electron chi connectivity index (χ1n) is 7.18. The zero-order valence-corrected chi connectivity index (χ0v) is 11.6. The molecule has 4 heteroatoms. The largest absolute Gasteiger partial charge is 0.398 e. The Kier molecular flexibility index (Phi) is 3.62. The second kappa shape index (κ2) is 5.39. The minimum absolute atomic E-state index is 0.287. The van der Waals surface area contributed by atoms with Crippen molar-refractivity contribution >= 4 is 11.4 Å². The van der Waals surface area contributed by atoms with Gasteiger partial charge in [-0.15, -0.1) is 0 Å². The number of fused-ring (bicyclic) bond motifs is 1. The minimum Gasteiger partial charge on any atom is -0.398 e. The van der Waals surface area contributed by atoms with E-state index in [-0.39, 0.29) is 6.10 Å². The Labute approximate surface area is 114 Å². The van der Waals surface area contributed by atoms with Gasteiger partial charge in [-0.05, 0) is 44.0 Å². The Balaban J connectivity index is 1.56. The van der Waals surface area contributed by atoms with Crippen LogP contribution < -0.4 is 11.1 Å². The number of nitrogens with two attached hydrogens (primary N) is 1. The van der Waals surface area contributed by atoms with Crippen molar-refractivity contribution < 1.29 is 4.74 Å². The summed E-state index contributed by atoms with van der Waals surface area (Å²) in [6, 6.07) is 6.67. The van der Waals surface area contributed by atoms with Crippen LogP contribution in [0.15, 0.2) is 18.2 Å². The molecule has 1 aromatic carbocycles. The van der Waals surface area contributed by atoms with Gasteiger partial charge in [0.1, 0.15) is 0 Å². The summed E-state index contributed by atoms with van der Waals surface area (Å²) >= 11 is 0. The Hall–Kier alpha value is -1.26. The van der Waals surface area contributed by atoms with Crippen LogP contribution >= 0.6 is 0 Å². The molecule has 2 saturated heterocycles. The number of morpholine rings is 1. The smallest absolute Gasteiger partial charge is 0.0874 e. The van der Waals surface area contributed by atoms with Crippen molar-refractivity contribution in [3.8, 4) is 0 Å². The summed E-state index contributed by atoms with van der Waals surface area (Å²) in [6.45, 7) is 6.09. The van der Waals surface area contributed by atoms with E-state index in [1.165, 1.54) is 19.4 Å². The first-order valence-corrected chi connectivity index (χ1v) is 7.18. The zero-order chi connectivity index (χ0) is 13.2. The molecule has 0 aliphatic carbocycles. The highest BCUT2D eigenvalue weighted by Gasteiger charge is 2.31. The van der Waals surface area contributed by atoms with E-state index in [0.29, 0.717) is 6.04 Å². The van der Waals surface area contributed by atoms with Crippen molar-refractivity contribution in [1.82, 2.24) is 4.90 Å². The fourth-order valence-electron chi connectivity index (χ4n) is 3.08. The monoisotopic (exact) mass is 261 g/mol. The molecule has 2 unspecified atom stereocenters. The van der Waals surface area contributed by atoms with E-state index in [9.17, 15) is 0 Å². The van der Waals surface area contributed by atoms with E-state index >= 15 is 0 Å². The predicted octanol–water partition coefficient (Wildman–Crippen LogP) is 1.85. The van der Waals surface area contributed by atoms with Gasteiger partial charge in [0.2, 0.25) is 0 Å². The molecule has 2 aliphatic rings. The standard InChI is InChI=1S/C15H23N3O/c1-11-14(16)5-2-6-15(11)17-8-13-9-18-7-3-4-12(18)10-19-13/h2,5-6,12-13,17H,3-4,7-10,16H2,1H3. The van der Waals surface area contributed by atoms with Crippen LogP contribution in [0.25, 0.3) is 0 Å². The summed E-state index contributed by atoms with van der Waals surface area (Å²) in [5, 5.41) is 3.47. The van der Waals surface area contributed by atoms with Gasteiger partial charge in [0.15, 0.2) is 0 Å². The molecule has 19 heavy (non-hydrogen) atoms. The van der Waals surface area contributed by atoms with Gasteiger partial charge in [-0.2, -0.15) is 0 Å². The quantitative estimate of drug-likeness (QED) is 0.815. The van der Waals surface area contributed by atoms with E-state index in [1.807, 2.05) is 12.1 Å². The van der Waals surface area contributed by atoms with Gasteiger partial charge >= 0.3 is 0 Å². The van der Waals surface area contributed by atoms with Crippen LogP contribution in [0.2, 0.25) is 0 Å². The number of hydrogen-bond acceptors (Lipinski definition) is 4. The predicted molar refractivity (Wildman–Crippen MR) is 78.4 cm³/mol. The van der Waals surface area contributed by atoms with Crippen LogP contribution in [0.1, 0.15) is 18.4 Å². The summed E-state index contributed by atoms with van der Waals surface area (Å²) in [5.74, 6) is 0. The number of anilines is 2. The highest BCUT2D eigenvalue weighted by Crippen LogP contribution is 2.24. The third kappa shape index (κ3) is 2.69. The summed E-state index contributed by atoms with van der Waals surface area (Å²) in [6.07, 6.45) is 2.91. The van der Waals surface area contributed by atoms with Gasteiger partial charge < -0.3 is 15.8 Å². The second-order valence-corrected chi connectivity index (χ2v) is 5.65. The summed E-state index contributed by atoms with van der Waals surface area (Å²) in [7, 11) is 0. The molecular weight excluding hydrogens is 238 g/mol. The number of nitrogens with one attached hydrogen (secondary N) is 1. The number of benzene rings is 1. The highest BCUT2D eigenvalue weighted by molar-refractivity contribution is 5.62. The average Bonchev–Trinajstić information content (AvgIpc) is 2.88. The molecule has 3 rings (SSSR count). The molecule has 0 aromatic heterocycles. The lowest BCUT2D eigenvalue weighted by atomic mass is 10.1. The van der Waals surface area contributed by atoms with Crippen LogP contribution in [0.3, 0.4) is 0 Å². The fourth-order valence-corrected chi connectivity index (χ4v) is 3.08. The number of hydrogen-bond donors (Lipinski definition) is 2. The SMILES string of the molecule is Cc1c(N)cccc1NCC1CN2CCCC2CO1. The number of ether oxygens (including phenoxy) is 1. The molecule has 0 radical (unpaired) electrons. The van der Waals surface area contributed by atoms with Crippen molar-refractivity contribution in [1.29, 1.82) is 0 Å². The molecule has 2 aliphatic heterocycles. The molecule has 1 aromatic rings. The van der Waals surface area contributed by atoms with E-state index in [4.69, 9.17) is 10.5 Å². The Morgan fingerprint density at radius 2 is 2.37 bits per heavy atom. The van der Waals surface area contributed by atoms with Crippen molar-refractivity contribution in [2.24, 2.45) is 0 Å².